The number of hydrogen-bond acceptors (Lipinski definition) is 4. The van der Waals surface area contributed by atoms with E-state index < -0.39 is 12.0 Å². The number of aliphatic carboxylic acids is 1. The molecular weight excluding hydrogens is 208 g/mol. The Morgan fingerprint density at radius 3 is 2.94 bits per heavy atom. The van der Waals surface area contributed by atoms with Gasteiger partial charge in [0.05, 0.1) is 18.1 Å². The molecule has 1 atom stereocenters. The number of carboxylic acid groups (broad SMARTS) is 1. The smallest absolute Gasteiger partial charge is 0.325 e. The highest BCUT2D eigenvalue weighted by Crippen LogP contribution is 2.14. The van der Waals surface area contributed by atoms with Crippen LogP contribution in [0, 0.1) is 0 Å². The summed E-state index contributed by atoms with van der Waals surface area (Å²) >= 11 is 0. The van der Waals surface area contributed by atoms with Gasteiger partial charge in [-0.05, 0) is 17.7 Å². The van der Waals surface area contributed by atoms with Crippen LogP contribution < -0.4 is 5.73 Å². The Labute approximate surface area is 91.3 Å². The zero-order chi connectivity index (χ0) is 11.5. The second kappa shape index (κ2) is 4.11. The molecule has 6 heteroatoms. The maximum atomic E-state index is 10.7. The van der Waals surface area contributed by atoms with Crippen LogP contribution in [0.2, 0.25) is 0 Å². The van der Waals surface area contributed by atoms with Gasteiger partial charge in [0.15, 0.2) is 0 Å². The number of carboxylic acids is 1. The number of nitrogens with two attached hydrogens (primary N) is 1. The molecule has 0 aliphatic heterocycles. The summed E-state index contributed by atoms with van der Waals surface area (Å²) in [4.78, 5) is 10.7. The Bertz CT molecular complexity index is 495. The van der Waals surface area contributed by atoms with E-state index >= 15 is 0 Å². The first-order valence-corrected chi connectivity index (χ1v) is 4.63. The Morgan fingerprint density at radius 2 is 2.31 bits per heavy atom. The highest BCUT2D eigenvalue weighted by Gasteiger charge is 2.14. The van der Waals surface area contributed by atoms with Crippen molar-refractivity contribution in [2.45, 2.75) is 6.04 Å². The van der Waals surface area contributed by atoms with Gasteiger partial charge in [0.2, 0.25) is 0 Å². The Morgan fingerprint density at radius 1 is 1.50 bits per heavy atom. The van der Waals surface area contributed by atoms with Crippen LogP contribution in [0.4, 0.5) is 0 Å². The maximum absolute atomic E-state index is 10.7. The Hall–Kier alpha value is -2.21. The van der Waals surface area contributed by atoms with Gasteiger partial charge in [-0.1, -0.05) is 17.3 Å². The van der Waals surface area contributed by atoms with Crippen LogP contribution in [-0.4, -0.2) is 26.1 Å². The molecule has 0 spiro atoms. The lowest BCUT2D eigenvalue weighted by Gasteiger charge is -2.08. The molecule has 0 fully saturated rings. The van der Waals surface area contributed by atoms with Gasteiger partial charge in [0.25, 0.3) is 0 Å². The summed E-state index contributed by atoms with van der Waals surface area (Å²) < 4.78 is 1.54. The van der Waals surface area contributed by atoms with E-state index in [1.165, 1.54) is 4.68 Å². The van der Waals surface area contributed by atoms with E-state index in [1.54, 1.807) is 36.7 Å². The van der Waals surface area contributed by atoms with Gasteiger partial charge >= 0.3 is 5.97 Å². The van der Waals surface area contributed by atoms with Crippen molar-refractivity contribution < 1.29 is 9.90 Å². The van der Waals surface area contributed by atoms with Gasteiger partial charge < -0.3 is 10.8 Å². The second-order valence-corrected chi connectivity index (χ2v) is 3.26. The van der Waals surface area contributed by atoms with Crippen LogP contribution in [-0.2, 0) is 4.79 Å². The third kappa shape index (κ3) is 1.91. The average Bonchev–Trinajstić information content (AvgIpc) is 2.81. The monoisotopic (exact) mass is 218 g/mol. The number of carbonyl (C=O) groups is 1. The van der Waals surface area contributed by atoms with Crippen LogP contribution in [0.5, 0.6) is 0 Å². The summed E-state index contributed by atoms with van der Waals surface area (Å²) in [6.45, 7) is 0. The maximum Gasteiger partial charge on any atom is 0.325 e. The molecular formula is C10H10N4O2. The summed E-state index contributed by atoms with van der Waals surface area (Å²) in [7, 11) is 0. The summed E-state index contributed by atoms with van der Waals surface area (Å²) in [5, 5.41) is 16.3. The molecule has 82 valence electrons. The lowest BCUT2D eigenvalue weighted by atomic mass is 10.1. The van der Waals surface area contributed by atoms with Crippen molar-refractivity contribution in [2.24, 2.45) is 5.73 Å². The highest BCUT2D eigenvalue weighted by atomic mass is 16.4. The average molecular weight is 218 g/mol. The Kier molecular flexibility index (Phi) is 2.65. The van der Waals surface area contributed by atoms with E-state index in [4.69, 9.17) is 10.8 Å². The van der Waals surface area contributed by atoms with Crippen LogP contribution in [0.15, 0.2) is 36.7 Å². The molecule has 3 N–H and O–H groups in total. The fourth-order valence-corrected chi connectivity index (χ4v) is 1.35. The first-order valence-electron chi connectivity index (χ1n) is 4.63. The van der Waals surface area contributed by atoms with E-state index in [-0.39, 0.29) is 0 Å². The highest BCUT2D eigenvalue weighted by molar-refractivity contribution is 5.75. The van der Waals surface area contributed by atoms with Crippen molar-refractivity contribution in [3.05, 3.63) is 42.2 Å². The van der Waals surface area contributed by atoms with Gasteiger partial charge in [-0.15, -0.1) is 5.10 Å². The molecule has 1 heterocycles. The molecule has 2 aromatic rings. The van der Waals surface area contributed by atoms with Crippen molar-refractivity contribution >= 4 is 5.97 Å². The molecule has 0 aliphatic carbocycles. The van der Waals surface area contributed by atoms with Crippen molar-refractivity contribution in [2.75, 3.05) is 0 Å². The minimum Gasteiger partial charge on any atom is -0.480 e. The number of hydrogen-bond donors (Lipinski definition) is 2. The molecule has 0 aliphatic rings. The Balaban J connectivity index is 2.37. The van der Waals surface area contributed by atoms with Crippen molar-refractivity contribution in [1.29, 1.82) is 0 Å². The van der Waals surface area contributed by atoms with Gasteiger partial charge in [-0.25, -0.2) is 4.68 Å². The molecule has 1 unspecified atom stereocenters. The minimum atomic E-state index is -1.06. The largest absolute Gasteiger partial charge is 0.480 e. The SMILES string of the molecule is NC(C(=O)O)c1cccc(-n2ccnn2)c1. The molecule has 16 heavy (non-hydrogen) atoms. The predicted octanol–water partition coefficient (Wildman–Crippen LogP) is 0.352. The molecule has 1 aromatic carbocycles. The lowest BCUT2D eigenvalue weighted by Crippen LogP contribution is -2.20. The molecule has 0 saturated heterocycles. The molecule has 1 aromatic heterocycles. The summed E-state index contributed by atoms with van der Waals surface area (Å²) in [5.74, 6) is -1.06. The fourth-order valence-electron chi connectivity index (χ4n) is 1.35. The molecule has 0 radical (unpaired) electrons. The normalized spacial score (nSPS) is 12.3. The van der Waals surface area contributed by atoms with E-state index in [9.17, 15) is 4.79 Å². The summed E-state index contributed by atoms with van der Waals surface area (Å²) in [6.07, 6.45) is 3.22. The van der Waals surface area contributed by atoms with Crippen molar-refractivity contribution in [1.82, 2.24) is 15.0 Å². The number of nitrogens with zero attached hydrogens (tertiary/aromatic N) is 3. The van der Waals surface area contributed by atoms with Gasteiger partial charge in [0, 0.05) is 0 Å². The van der Waals surface area contributed by atoms with Crippen LogP contribution in [0.3, 0.4) is 0 Å². The van der Waals surface area contributed by atoms with E-state index in [0.717, 1.165) is 5.69 Å². The molecule has 0 bridgehead atoms. The number of rotatable bonds is 3. The fraction of sp³-hybridized carbons (Fsp3) is 0.100. The zero-order valence-electron chi connectivity index (χ0n) is 8.32. The quantitative estimate of drug-likeness (QED) is 0.775. The minimum absolute atomic E-state index is 0.528. The van der Waals surface area contributed by atoms with Gasteiger partial charge in [-0.3, -0.25) is 4.79 Å². The summed E-state index contributed by atoms with van der Waals surface area (Å²) in [6, 6.07) is 5.85. The zero-order valence-corrected chi connectivity index (χ0v) is 8.32. The van der Waals surface area contributed by atoms with Gasteiger partial charge in [0.1, 0.15) is 6.04 Å². The van der Waals surface area contributed by atoms with Crippen molar-refractivity contribution in [3.63, 3.8) is 0 Å². The molecule has 2 rings (SSSR count). The third-order valence-electron chi connectivity index (χ3n) is 2.18. The van der Waals surface area contributed by atoms with Crippen LogP contribution in [0.1, 0.15) is 11.6 Å². The second-order valence-electron chi connectivity index (χ2n) is 3.26. The van der Waals surface area contributed by atoms with E-state index in [1.807, 2.05) is 0 Å². The van der Waals surface area contributed by atoms with Crippen LogP contribution in [0.25, 0.3) is 5.69 Å². The standard InChI is InChI=1S/C10H10N4O2/c11-9(10(15)16)7-2-1-3-8(6-7)14-5-4-12-13-14/h1-6,9H,11H2,(H,15,16). The third-order valence-corrected chi connectivity index (χ3v) is 2.18. The molecule has 0 amide bonds. The molecule has 0 saturated carbocycles. The van der Waals surface area contributed by atoms with Crippen molar-refractivity contribution in [3.8, 4) is 5.69 Å². The first-order chi connectivity index (χ1) is 7.68. The lowest BCUT2D eigenvalue weighted by molar-refractivity contribution is -0.138. The first kappa shape index (κ1) is 10.3. The predicted molar refractivity (Wildman–Crippen MR) is 55.9 cm³/mol. The van der Waals surface area contributed by atoms with Gasteiger partial charge in [-0.2, -0.15) is 0 Å². The molecule has 6 nitrogen and oxygen atoms in total. The topological polar surface area (TPSA) is 94.0 Å². The summed E-state index contributed by atoms with van der Waals surface area (Å²) in [5.41, 5.74) is 6.77. The number of aromatic nitrogens is 3. The van der Waals surface area contributed by atoms with Crippen LogP contribution >= 0.6 is 0 Å². The van der Waals surface area contributed by atoms with E-state index in [0.29, 0.717) is 5.56 Å². The van der Waals surface area contributed by atoms with E-state index in [2.05, 4.69) is 10.3 Å². The number of benzene rings is 1.